The summed E-state index contributed by atoms with van der Waals surface area (Å²) in [5.74, 6) is -0.162. The summed E-state index contributed by atoms with van der Waals surface area (Å²) in [6.07, 6.45) is 6.06. The van der Waals surface area contributed by atoms with Gasteiger partial charge in [0.05, 0.1) is 17.2 Å². The number of rotatable bonds is 15. The van der Waals surface area contributed by atoms with E-state index in [-0.39, 0.29) is 29.8 Å². The lowest BCUT2D eigenvalue weighted by atomic mass is 10.0. The molecule has 11 heteroatoms. The SMILES string of the molecule is CCOc1ccc(N(CC(=O)N(Cc2cccc(Br)c2)C(Cc2ccccc2)C(=O)NC2CCCC2)S(=O)(=O)c2ccc(SC)cc2)cc1. The van der Waals surface area contributed by atoms with Gasteiger partial charge >= 0.3 is 0 Å². The summed E-state index contributed by atoms with van der Waals surface area (Å²) in [4.78, 5) is 31.4. The molecular weight excluding hydrogens is 722 g/mol. The number of thioether (sulfide) groups is 1. The molecule has 0 spiro atoms. The summed E-state index contributed by atoms with van der Waals surface area (Å²) in [6.45, 7) is 1.91. The van der Waals surface area contributed by atoms with Crippen molar-refractivity contribution in [2.45, 2.75) is 67.4 Å². The summed E-state index contributed by atoms with van der Waals surface area (Å²) < 4.78 is 36.3. The fourth-order valence-electron chi connectivity index (χ4n) is 6.03. The molecule has 1 aliphatic carbocycles. The van der Waals surface area contributed by atoms with Gasteiger partial charge in [-0.05, 0) is 97.8 Å². The Hall–Kier alpha value is -3.80. The first-order chi connectivity index (χ1) is 23.7. The van der Waals surface area contributed by atoms with Crippen LogP contribution in [0.25, 0.3) is 0 Å². The monoisotopic (exact) mass is 763 g/mol. The molecule has 2 amide bonds. The molecule has 4 aromatic carbocycles. The van der Waals surface area contributed by atoms with E-state index in [4.69, 9.17) is 4.74 Å². The largest absolute Gasteiger partial charge is 0.494 e. The van der Waals surface area contributed by atoms with Gasteiger partial charge in [-0.15, -0.1) is 11.8 Å². The van der Waals surface area contributed by atoms with Crippen LogP contribution in [0.3, 0.4) is 0 Å². The third-order valence-corrected chi connectivity index (χ3v) is 11.6. The molecule has 49 heavy (non-hydrogen) atoms. The fourth-order valence-corrected chi connectivity index (χ4v) is 8.30. The van der Waals surface area contributed by atoms with Crippen molar-refractivity contribution in [3.05, 3.63) is 119 Å². The molecule has 0 bridgehead atoms. The Morgan fingerprint density at radius 2 is 1.59 bits per heavy atom. The molecule has 0 aromatic heterocycles. The normalized spacial score (nSPS) is 13.9. The van der Waals surface area contributed by atoms with Gasteiger partial charge in [-0.25, -0.2) is 8.42 Å². The van der Waals surface area contributed by atoms with Crippen LogP contribution < -0.4 is 14.4 Å². The number of nitrogens with zero attached hydrogens (tertiary/aromatic N) is 2. The van der Waals surface area contributed by atoms with Crippen molar-refractivity contribution < 1.29 is 22.7 Å². The van der Waals surface area contributed by atoms with E-state index in [1.165, 1.54) is 16.7 Å². The minimum atomic E-state index is -4.21. The van der Waals surface area contributed by atoms with E-state index in [0.29, 0.717) is 18.0 Å². The maximum Gasteiger partial charge on any atom is 0.264 e. The van der Waals surface area contributed by atoms with Gasteiger partial charge in [0.25, 0.3) is 10.0 Å². The summed E-state index contributed by atoms with van der Waals surface area (Å²) in [5.41, 5.74) is 2.01. The second-order valence-corrected chi connectivity index (χ2v) is 15.6. The van der Waals surface area contributed by atoms with Crippen LogP contribution in [0.1, 0.15) is 43.7 Å². The Morgan fingerprint density at radius 3 is 2.22 bits per heavy atom. The van der Waals surface area contributed by atoms with Crippen molar-refractivity contribution >= 4 is 55.2 Å². The number of amides is 2. The predicted octanol–water partition coefficient (Wildman–Crippen LogP) is 7.46. The standard InChI is InChI=1S/C38H42BrN3O5S2/c1-3-47-33-18-16-32(17-19-33)42(49(45,46)35-22-20-34(48-2)21-23-35)27-37(43)41(26-29-12-9-13-30(39)24-29)36(25-28-10-5-4-6-11-28)38(44)40-31-14-7-8-15-31/h4-6,9-13,16-24,31,36H,3,7-8,14-15,25-27H2,1-2H3,(H,40,44). The number of carbonyl (C=O) groups is 2. The molecule has 0 heterocycles. The lowest BCUT2D eigenvalue weighted by molar-refractivity contribution is -0.140. The highest BCUT2D eigenvalue weighted by atomic mass is 79.9. The molecule has 0 aliphatic heterocycles. The van der Waals surface area contributed by atoms with E-state index in [1.54, 1.807) is 48.5 Å². The topological polar surface area (TPSA) is 96.0 Å². The van der Waals surface area contributed by atoms with Crippen LogP contribution in [-0.2, 0) is 32.6 Å². The number of hydrogen-bond donors (Lipinski definition) is 1. The van der Waals surface area contributed by atoms with E-state index in [9.17, 15) is 18.0 Å². The van der Waals surface area contributed by atoms with Crippen molar-refractivity contribution in [3.8, 4) is 5.75 Å². The molecule has 4 aromatic rings. The van der Waals surface area contributed by atoms with Gasteiger partial charge in [-0.1, -0.05) is 71.2 Å². The molecule has 1 N–H and O–H groups in total. The van der Waals surface area contributed by atoms with E-state index in [1.807, 2.05) is 67.8 Å². The van der Waals surface area contributed by atoms with Gasteiger partial charge in [0.15, 0.2) is 0 Å². The Kier molecular flexibility index (Phi) is 12.8. The molecule has 5 rings (SSSR count). The second-order valence-electron chi connectivity index (χ2n) is 12.0. The summed E-state index contributed by atoms with van der Waals surface area (Å²) in [5, 5.41) is 3.21. The van der Waals surface area contributed by atoms with Gasteiger partial charge < -0.3 is 15.0 Å². The van der Waals surface area contributed by atoms with Crippen molar-refractivity contribution in [1.29, 1.82) is 0 Å². The van der Waals surface area contributed by atoms with Crippen molar-refractivity contribution in [1.82, 2.24) is 10.2 Å². The lowest BCUT2D eigenvalue weighted by Gasteiger charge is -2.34. The Balaban J connectivity index is 1.56. The highest BCUT2D eigenvalue weighted by Gasteiger charge is 2.35. The molecule has 1 fully saturated rings. The fraction of sp³-hybridized carbons (Fsp3) is 0.316. The number of carbonyl (C=O) groups excluding carboxylic acids is 2. The molecule has 1 atom stereocenters. The minimum absolute atomic E-state index is 0.0404. The number of sulfonamides is 1. The average Bonchev–Trinajstić information content (AvgIpc) is 3.62. The van der Waals surface area contributed by atoms with Gasteiger partial charge in [0, 0.05) is 28.4 Å². The van der Waals surface area contributed by atoms with Crippen LogP contribution in [0.4, 0.5) is 5.69 Å². The number of ether oxygens (including phenoxy) is 1. The highest BCUT2D eigenvalue weighted by molar-refractivity contribution is 9.10. The molecule has 1 aliphatic rings. The van der Waals surface area contributed by atoms with Crippen LogP contribution in [0.5, 0.6) is 5.75 Å². The zero-order chi connectivity index (χ0) is 34.8. The molecular formula is C38H42BrN3O5S2. The number of anilines is 1. The van der Waals surface area contributed by atoms with Crippen LogP contribution >= 0.6 is 27.7 Å². The predicted molar refractivity (Wildman–Crippen MR) is 199 cm³/mol. The first-order valence-corrected chi connectivity index (χ1v) is 19.9. The van der Waals surface area contributed by atoms with Crippen molar-refractivity contribution in [2.24, 2.45) is 0 Å². The van der Waals surface area contributed by atoms with Crippen LogP contribution in [0.2, 0.25) is 0 Å². The Labute approximate surface area is 302 Å². The smallest absolute Gasteiger partial charge is 0.264 e. The van der Waals surface area contributed by atoms with E-state index >= 15 is 0 Å². The maximum absolute atomic E-state index is 14.7. The van der Waals surface area contributed by atoms with Crippen molar-refractivity contribution in [3.63, 3.8) is 0 Å². The summed E-state index contributed by atoms with van der Waals surface area (Å²) >= 11 is 5.04. The molecule has 1 unspecified atom stereocenters. The number of nitrogens with one attached hydrogen (secondary N) is 1. The molecule has 8 nitrogen and oxygen atoms in total. The van der Waals surface area contributed by atoms with E-state index in [2.05, 4.69) is 21.2 Å². The summed E-state index contributed by atoms with van der Waals surface area (Å²) in [7, 11) is -4.21. The lowest BCUT2D eigenvalue weighted by Crippen LogP contribution is -2.54. The first kappa shape index (κ1) is 36.5. The van der Waals surface area contributed by atoms with E-state index in [0.717, 1.165) is 50.5 Å². The van der Waals surface area contributed by atoms with Gasteiger partial charge in [0.2, 0.25) is 11.8 Å². The third-order valence-electron chi connectivity index (χ3n) is 8.58. The zero-order valence-electron chi connectivity index (χ0n) is 27.8. The van der Waals surface area contributed by atoms with Crippen LogP contribution in [0.15, 0.2) is 117 Å². The average molecular weight is 765 g/mol. The quantitative estimate of drug-likeness (QED) is 0.126. The van der Waals surface area contributed by atoms with Gasteiger partial charge in [0.1, 0.15) is 18.3 Å². The maximum atomic E-state index is 14.7. The van der Waals surface area contributed by atoms with E-state index < -0.39 is 28.5 Å². The minimum Gasteiger partial charge on any atom is -0.494 e. The van der Waals surface area contributed by atoms with Crippen molar-refractivity contribution in [2.75, 3.05) is 23.7 Å². The molecule has 0 radical (unpaired) electrons. The van der Waals surface area contributed by atoms with Gasteiger partial charge in [-0.2, -0.15) is 0 Å². The second kappa shape index (κ2) is 17.2. The van der Waals surface area contributed by atoms with Crippen LogP contribution in [-0.4, -0.2) is 56.6 Å². The first-order valence-electron chi connectivity index (χ1n) is 16.5. The number of halogens is 1. The Bertz CT molecular complexity index is 1800. The zero-order valence-corrected chi connectivity index (χ0v) is 31.0. The Morgan fingerprint density at radius 1 is 0.918 bits per heavy atom. The summed E-state index contributed by atoms with van der Waals surface area (Å²) in [6, 6.07) is 29.6. The number of benzene rings is 4. The molecule has 1 saturated carbocycles. The molecule has 258 valence electrons. The van der Waals surface area contributed by atoms with Gasteiger partial charge in [-0.3, -0.25) is 13.9 Å². The molecule has 0 saturated heterocycles. The number of hydrogen-bond acceptors (Lipinski definition) is 6. The third kappa shape index (κ3) is 9.67. The highest BCUT2D eigenvalue weighted by Crippen LogP contribution is 2.29. The van der Waals surface area contributed by atoms with Crippen LogP contribution in [0, 0.1) is 0 Å².